The summed E-state index contributed by atoms with van der Waals surface area (Å²) in [6.45, 7) is 10.9. The Labute approximate surface area is 207 Å². The lowest BCUT2D eigenvalue weighted by molar-refractivity contribution is 0.239. The Kier molecular flexibility index (Phi) is 6.40. The smallest absolute Gasteiger partial charge is 0.259 e. The first-order chi connectivity index (χ1) is 16.9. The van der Waals surface area contributed by atoms with E-state index in [0.29, 0.717) is 6.54 Å². The first kappa shape index (κ1) is 23.3. The Morgan fingerprint density at radius 3 is 2.00 bits per heavy atom. The van der Waals surface area contributed by atoms with Gasteiger partial charge in [0.2, 0.25) is 0 Å². The van der Waals surface area contributed by atoms with Gasteiger partial charge in [-0.3, -0.25) is 14.3 Å². The normalized spacial score (nSPS) is 13.7. The maximum Gasteiger partial charge on any atom is 0.259 e. The molecule has 0 saturated heterocycles. The Morgan fingerprint density at radius 2 is 1.43 bits per heavy atom. The fourth-order valence-corrected chi connectivity index (χ4v) is 5.55. The molecule has 0 amide bonds. The molecule has 4 nitrogen and oxygen atoms in total. The summed E-state index contributed by atoms with van der Waals surface area (Å²) in [5.74, 6) is 0.769. The molecule has 1 aromatic heterocycles. The van der Waals surface area contributed by atoms with Crippen LogP contribution in [0.4, 0.5) is 0 Å². The van der Waals surface area contributed by atoms with Gasteiger partial charge in [-0.1, -0.05) is 78.4 Å². The second-order valence-corrected chi connectivity index (χ2v) is 9.82. The number of aromatic nitrogens is 2. The minimum Gasteiger partial charge on any atom is -0.294 e. The van der Waals surface area contributed by atoms with Gasteiger partial charge in [0.25, 0.3) is 5.56 Å². The predicted molar refractivity (Wildman–Crippen MR) is 142 cm³/mol. The first-order valence-electron chi connectivity index (χ1n) is 12.4. The second kappa shape index (κ2) is 9.63. The van der Waals surface area contributed by atoms with Gasteiger partial charge in [0.15, 0.2) is 0 Å². The molecule has 1 aliphatic heterocycles. The summed E-state index contributed by atoms with van der Waals surface area (Å²) in [5.41, 5.74) is 9.34. The maximum absolute atomic E-state index is 14.1. The first-order valence-corrected chi connectivity index (χ1v) is 12.4. The number of aryl methyl sites for hydroxylation is 4. The van der Waals surface area contributed by atoms with Crippen LogP contribution in [0.25, 0.3) is 0 Å². The van der Waals surface area contributed by atoms with Crippen LogP contribution in [0.5, 0.6) is 0 Å². The molecule has 0 atom stereocenters. The highest BCUT2D eigenvalue weighted by Crippen LogP contribution is 2.28. The summed E-state index contributed by atoms with van der Waals surface area (Å²) in [5, 5.41) is 0. The molecular weight excluding hydrogens is 430 g/mol. The molecule has 1 aliphatic rings. The van der Waals surface area contributed by atoms with E-state index in [1.54, 1.807) is 0 Å². The SMILES string of the molecule is Cc1cc(C)c(CN2CCc3nc(C)n(C(c4ccccc4)c4ccccc4)c(=O)c3C2)c(C)c1. The molecule has 5 rings (SSSR count). The lowest BCUT2D eigenvalue weighted by Crippen LogP contribution is -2.40. The molecule has 4 aromatic rings. The Bertz CT molecular complexity index is 1340. The fourth-order valence-electron chi connectivity index (χ4n) is 5.55. The van der Waals surface area contributed by atoms with E-state index >= 15 is 0 Å². The van der Waals surface area contributed by atoms with E-state index in [1.165, 1.54) is 22.3 Å². The van der Waals surface area contributed by atoms with Crippen LogP contribution in [0.1, 0.15) is 56.5 Å². The highest BCUT2D eigenvalue weighted by Gasteiger charge is 2.27. The molecule has 178 valence electrons. The fraction of sp³-hybridized carbons (Fsp3) is 0.290. The molecule has 0 fully saturated rings. The molecule has 35 heavy (non-hydrogen) atoms. The van der Waals surface area contributed by atoms with Crippen molar-refractivity contribution in [3.63, 3.8) is 0 Å². The van der Waals surface area contributed by atoms with Gasteiger partial charge < -0.3 is 0 Å². The molecule has 0 radical (unpaired) electrons. The molecule has 0 aliphatic carbocycles. The van der Waals surface area contributed by atoms with Crippen LogP contribution in [0, 0.1) is 27.7 Å². The molecule has 0 spiro atoms. The molecule has 0 N–H and O–H groups in total. The third-order valence-electron chi connectivity index (χ3n) is 7.23. The van der Waals surface area contributed by atoms with Crippen LogP contribution in [0.2, 0.25) is 0 Å². The van der Waals surface area contributed by atoms with Crippen molar-refractivity contribution in [3.8, 4) is 0 Å². The molecule has 0 saturated carbocycles. The maximum atomic E-state index is 14.1. The van der Waals surface area contributed by atoms with Crippen LogP contribution in [-0.2, 0) is 19.5 Å². The molecular formula is C31H33N3O. The number of rotatable bonds is 5. The lowest BCUT2D eigenvalue weighted by atomic mass is 9.96. The molecule has 0 bridgehead atoms. The van der Waals surface area contributed by atoms with E-state index in [2.05, 4.69) is 62.1 Å². The average Bonchev–Trinajstić information content (AvgIpc) is 2.85. The van der Waals surface area contributed by atoms with Crippen LogP contribution < -0.4 is 5.56 Å². The average molecular weight is 464 g/mol. The number of nitrogens with zero attached hydrogens (tertiary/aromatic N) is 3. The van der Waals surface area contributed by atoms with Gasteiger partial charge in [-0.25, -0.2) is 4.98 Å². The van der Waals surface area contributed by atoms with Crippen molar-refractivity contribution in [1.82, 2.24) is 14.5 Å². The van der Waals surface area contributed by atoms with Crippen molar-refractivity contribution in [1.29, 1.82) is 0 Å². The van der Waals surface area contributed by atoms with Crippen molar-refractivity contribution in [2.24, 2.45) is 0 Å². The molecule has 4 heteroatoms. The van der Waals surface area contributed by atoms with E-state index < -0.39 is 0 Å². The number of hydrogen-bond acceptors (Lipinski definition) is 3. The van der Waals surface area contributed by atoms with Gasteiger partial charge in [-0.2, -0.15) is 0 Å². The van der Waals surface area contributed by atoms with Gasteiger partial charge in [0.05, 0.1) is 17.3 Å². The van der Waals surface area contributed by atoms with Crippen LogP contribution in [0.3, 0.4) is 0 Å². The zero-order valence-corrected chi connectivity index (χ0v) is 21.1. The molecule has 3 aromatic carbocycles. The summed E-state index contributed by atoms with van der Waals surface area (Å²) < 4.78 is 1.90. The Balaban J connectivity index is 1.56. The van der Waals surface area contributed by atoms with Gasteiger partial charge in [-0.15, -0.1) is 0 Å². The summed E-state index contributed by atoms with van der Waals surface area (Å²) in [4.78, 5) is 21.5. The Morgan fingerprint density at radius 1 is 0.857 bits per heavy atom. The molecule has 2 heterocycles. The van der Waals surface area contributed by atoms with E-state index in [9.17, 15) is 4.79 Å². The largest absolute Gasteiger partial charge is 0.294 e. The quantitative estimate of drug-likeness (QED) is 0.383. The number of hydrogen-bond donors (Lipinski definition) is 0. The van der Waals surface area contributed by atoms with Crippen molar-refractivity contribution < 1.29 is 0 Å². The van der Waals surface area contributed by atoms with Crippen LogP contribution in [0.15, 0.2) is 77.6 Å². The monoisotopic (exact) mass is 463 g/mol. The molecule has 0 unspecified atom stereocenters. The van der Waals surface area contributed by atoms with Crippen molar-refractivity contribution >= 4 is 0 Å². The van der Waals surface area contributed by atoms with E-state index in [-0.39, 0.29) is 11.6 Å². The van der Waals surface area contributed by atoms with Gasteiger partial charge in [-0.05, 0) is 55.5 Å². The van der Waals surface area contributed by atoms with Crippen molar-refractivity contribution in [2.45, 2.75) is 53.2 Å². The lowest BCUT2D eigenvalue weighted by Gasteiger charge is -2.31. The minimum absolute atomic E-state index is 0.0762. The summed E-state index contributed by atoms with van der Waals surface area (Å²) in [6, 6.07) is 24.8. The summed E-state index contributed by atoms with van der Waals surface area (Å²) in [6.07, 6.45) is 0.803. The van der Waals surface area contributed by atoms with E-state index in [1.807, 2.05) is 47.9 Å². The zero-order chi connectivity index (χ0) is 24.5. The minimum atomic E-state index is -0.209. The van der Waals surface area contributed by atoms with Crippen molar-refractivity contribution in [3.05, 3.63) is 134 Å². The highest BCUT2D eigenvalue weighted by molar-refractivity contribution is 5.38. The third-order valence-corrected chi connectivity index (χ3v) is 7.23. The second-order valence-electron chi connectivity index (χ2n) is 9.82. The van der Waals surface area contributed by atoms with Gasteiger partial charge in [0, 0.05) is 26.1 Å². The van der Waals surface area contributed by atoms with Crippen LogP contribution in [-0.4, -0.2) is 21.0 Å². The van der Waals surface area contributed by atoms with Gasteiger partial charge in [0.1, 0.15) is 5.82 Å². The van der Waals surface area contributed by atoms with E-state index in [0.717, 1.165) is 47.7 Å². The highest BCUT2D eigenvalue weighted by atomic mass is 16.1. The predicted octanol–water partition coefficient (Wildman–Crippen LogP) is 5.67. The Hall–Kier alpha value is -3.50. The topological polar surface area (TPSA) is 38.1 Å². The summed E-state index contributed by atoms with van der Waals surface area (Å²) >= 11 is 0. The van der Waals surface area contributed by atoms with Gasteiger partial charge >= 0.3 is 0 Å². The number of fused-ring (bicyclic) bond motifs is 1. The third kappa shape index (κ3) is 4.59. The summed E-state index contributed by atoms with van der Waals surface area (Å²) in [7, 11) is 0. The zero-order valence-electron chi connectivity index (χ0n) is 21.1. The number of benzene rings is 3. The van der Waals surface area contributed by atoms with E-state index in [4.69, 9.17) is 4.98 Å². The standard InChI is InChI=1S/C31H33N3O/c1-21-17-22(2)27(23(3)18-21)19-33-16-15-29-28(20-33)31(35)34(24(4)32-29)30(25-11-7-5-8-12-25)26-13-9-6-10-14-26/h5-14,17-18,30H,15-16,19-20H2,1-4H3. The van der Waals surface area contributed by atoms with Crippen molar-refractivity contribution in [2.75, 3.05) is 6.54 Å². The van der Waals surface area contributed by atoms with Crippen LogP contribution >= 0.6 is 0 Å².